The lowest BCUT2D eigenvalue weighted by atomic mass is 10.0. The molecule has 0 aliphatic carbocycles. The molecule has 0 aliphatic heterocycles. The first-order chi connectivity index (χ1) is 11.7. The van der Waals surface area contributed by atoms with Gasteiger partial charge >= 0.3 is 12.1 Å². The summed E-state index contributed by atoms with van der Waals surface area (Å²) >= 11 is 0. The SMILES string of the molecule is C=CC(=O)OCCOC(=O)OC(c1ccccc1)c1ccccc1. The molecule has 0 saturated heterocycles. The van der Waals surface area contributed by atoms with Crippen LogP contribution in [0.15, 0.2) is 73.3 Å². The maximum absolute atomic E-state index is 11.9. The molecular weight excluding hydrogens is 308 g/mol. The second-order valence-electron chi connectivity index (χ2n) is 4.79. The summed E-state index contributed by atoms with van der Waals surface area (Å²) in [6, 6.07) is 18.7. The first-order valence-electron chi connectivity index (χ1n) is 7.43. The fourth-order valence-corrected chi connectivity index (χ4v) is 2.04. The molecule has 5 heteroatoms. The predicted molar refractivity (Wildman–Crippen MR) is 88.3 cm³/mol. The minimum absolute atomic E-state index is 0.0543. The first kappa shape index (κ1) is 17.3. The Kier molecular flexibility index (Phi) is 6.58. The van der Waals surface area contributed by atoms with Crippen molar-refractivity contribution >= 4 is 12.1 Å². The zero-order valence-corrected chi connectivity index (χ0v) is 13.1. The van der Waals surface area contributed by atoms with Crippen LogP contribution in [0, 0.1) is 0 Å². The summed E-state index contributed by atoms with van der Waals surface area (Å²) in [7, 11) is 0. The summed E-state index contributed by atoms with van der Waals surface area (Å²) in [5.41, 5.74) is 1.66. The van der Waals surface area contributed by atoms with Crippen LogP contribution in [0.2, 0.25) is 0 Å². The summed E-state index contributed by atoms with van der Waals surface area (Å²) in [5, 5.41) is 0. The molecule has 0 spiro atoms. The number of carbonyl (C=O) groups is 2. The highest BCUT2D eigenvalue weighted by Crippen LogP contribution is 2.26. The molecule has 0 saturated carbocycles. The minimum atomic E-state index is -0.831. The molecule has 0 N–H and O–H groups in total. The van der Waals surface area contributed by atoms with Crippen molar-refractivity contribution in [1.82, 2.24) is 0 Å². The topological polar surface area (TPSA) is 61.8 Å². The smallest absolute Gasteiger partial charge is 0.459 e. The average Bonchev–Trinajstić information content (AvgIpc) is 2.64. The Balaban J connectivity index is 1.97. The summed E-state index contributed by atoms with van der Waals surface area (Å²) in [5.74, 6) is -0.571. The number of rotatable bonds is 7. The van der Waals surface area contributed by atoms with Gasteiger partial charge in [-0.1, -0.05) is 67.2 Å². The van der Waals surface area contributed by atoms with E-state index < -0.39 is 18.2 Å². The normalized spacial score (nSPS) is 10.0. The molecule has 0 heterocycles. The van der Waals surface area contributed by atoms with Crippen LogP contribution < -0.4 is 0 Å². The van der Waals surface area contributed by atoms with Crippen LogP contribution in [-0.4, -0.2) is 25.3 Å². The van der Waals surface area contributed by atoms with Crippen LogP contribution in [0.1, 0.15) is 17.2 Å². The Morgan fingerprint density at radius 1 is 0.875 bits per heavy atom. The van der Waals surface area contributed by atoms with Gasteiger partial charge in [-0.2, -0.15) is 0 Å². The third-order valence-electron chi connectivity index (χ3n) is 3.13. The fourth-order valence-electron chi connectivity index (χ4n) is 2.04. The largest absolute Gasteiger partial charge is 0.509 e. The number of esters is 1. The van der Waals surface area contributed by atoms with Crippen molar-refractivity contribution in [2.45, 2.75) is 6.10 Å². The lowest BCUT2D eigenvalue weighted by molar-refractivity contribution is -0.139. The van der Waals surface area contributed by atoms with E-state index in [0.717, 1.165) is 17.2 Å². The number of hydrogen-bond acceptors (Lipinski definition) is 5. The zero-order chi connectivity index (χ0) is 17.2. The Morgan fingerprint density at radius 3 is 1.88 bits per heavy atom. The number of hydrogen-bond donors (Lipinski definition) is 0. The Bertz CT molecular complexity index is 627. The van der Waals surface area contributed by atoms with Crippen LogP contribution in [0.5, 0.6) is 0 Å². The van der Waals surface area contributed by atoms with Crippen LogP contribution in [-0.2, 0) is 19.0 Å². The summed E-state index contributed by atoms with van der Waals surface area (Å²) in [6.07, 6.45) is -0.364. The quantitative estimate of drug-likeness (QED) is 0.441. The minimum Gasteiger partial charge on any atom is -0.459 e. The third-order valence-corrected chi connectivity index (χ3v) is 3.13. The van der Waals surface area contributed by atoms with Crippen LogP contribution in [0.25, 0.3) is 0 Å². The van der Waals surface area contributed by atoms with Crippen molar-refractivity contribution in [2.24, 2.45) is 0 Å². The Labute approximate surface area is 140 Å². The molecule has 0 bridgehead atoms. The monoisotopic (exact) mass is 326 g/mol. The van der Waals surface area contributed by atoms with E-state index in [4.69, 9.17) is 14.2 Å². The van der Waals surface area contributed by atoms with Crippen LogP contribution >= 0.6 is 0 Å². The van der Waals surface area contributed by atoms with Crippen molar-refractivity contribution in [3.63, 3.8) is 0 Å². The number of ether oxygens (including phenoxy) is 3. The van der Waals surface area contributed by atoms with E-state index in [1.54, 1.807) is 0 Å². The maximum atomic E-state index is 11.9. The highest BCUT2D eigenvalue weighted by Gasteiger charge is 2.19. The molecule has 5 nitrogen and oxygen atoms in total. The second kappa shape index (κ2) is 9.15. The van der Waals surface area contributed by atoms with Crippen molar-refractivity contribution in [2.75, 3.05) is 13.2 Å². The van der Waals surface area contributed by atoms with Crippen molar-refractivity contribution in [3.05, 3.63) is 84.4 Å². The molecule has 2 aromatic rings. The molecule has 0 unspecified atom stereocenters. The number of benzene rings is 2. The Hall–Kier alpha value is -3.08. The van der Waals surface area contributed by atoms with Gasteiger partial charge < -0.3 is 14.2 Å². The Morgan fingerprint density at radius 2 is 1.38 bits per heavy atom. The van der Waals surface area contributed by atoms with Gasteiger partial charge in [0.05, 0.1) is 0 Å². The molecule has 0 radical (unpaired) electrons. The molecule has 2 rings (SSSR count). The van der Waals surface area contributed by atoms with Gasteiger partial charge in [0.1, 0.15) is 13.2 Å². The molecule has 124 valence electrons. The van der Waals surface area contributed by atoms with Crippen molar-refractivity contribution in [1.29, 1.82) is 0 Å². The highest BCUT2D eigenvalue weighted by molar-refractivity contribution is 5.81. The zero-order valence-electron chi connectivity index (χ0n) is 13.1. The van der Waals surface area contributed by atoms with Crippen LogP contribution in [0.3, 0.4) is 0 Å². The molecule has 0 aromatic heterocycles. The molecule has 0 amide bonds. The van der Waals surface area contributed by atoms with E-state index >= 15 is 0 Å². The maximum Gasteiger partial charge on any atom is 0.509 e. The second-order valence-corrected chi connectivity index (χ2v) is 4.79. The lowest BCUT2D eigenvalue weighted by Gasteiger charge is -2.18. The van der Waals surface area contributed by atoms with E-state index in [1.807, 2.05) is 60.7 Å². The number of carbonyl (C=O) groups excluding carboxylic acids is 2. The van der Waals surface area contributed by atoms with E-state index in [2.05, 4.69) is 6.58 Å². The van der Waals surface area contributed by atoms with Gasteiger partial charge in [-0.3, -0.25) is 0 Å². The van der Waals surface area contributed by atoms with Gasteiger partial charge in [-0.25, -0.2) is 9.59 Å². The molecule has 2 aromatic carbocycles. The van der Waals surface area contributed by atoms with Crippen molar-refractivity contribution < 1.29 is 23.8 Å². The third kappa shape index (κ3) is 5.28. The van der Waals surface area contributed by atoms with Crippen LogP contribution in [0.4, 0.5) is 4.79 Å². The fraction of sp³-hybridized carbons (Fsp3) is 0.158. The first-order valence-corrected chi connectivity index (χ1v) is 7.43. The van der Waals surface area contributed by atoms with Gasteiger partial charge in [0.15, 0.2) is 6.10 Å². The van der Waals surface area contributed by atoms with Gasteiger partial charge in [0, 0.05) is 6.08 Å². The van der Waals surface area contributed by atoms with Gasteiger partial charge in [-0.15, -0.1) is 0 Å². The van der Waals surface area contributed by atoms with Gasteiger partial charge in [0.2, 0.25) is 0 Å². The molecule has 0 atom stereocenters. The van der Waals surface area contributed by atoms with Crippen molar-refractivity contribution in [3.8, 4) is 0 Å². The predicted octanol–water partition coefficient (Wildman–Crippen LogP) is 3.66. The molecule has 0 fully saturated rings. The van der Waals surface area contributed by atoms with E-state index in [-0.39, 0.29) is 13.2 Å². The standard InChI is InChI=1S/C19H18O5/c1-2-17(20)22-13-14-23-19(21)24-18(15-9-5-3-6-10-15)16-11-7-4-8-12-16/h2-12,18H,1,13-14H2. The summed E-state index contributed by atoms with van der Waals surface area (Å²) < 4.78 is 15.1. The molecule has 0 aliphatic rings. The summed E-state index contributed by atoms with van der Waals surface area (Å²) in [6.45, 7) is 3.13. The van der Waals surface area contributed by atoms with E-state index in [9.17, 15) is 9.59 Å². The average molecular weight is 326 g/mol. The van der Waals surface area contributed by atoms with Gasteiger partial charge in [-0.05, 0) is 11.1 Å². The highest BCUT2D eigenvalue weighted by atomic mass is 16.7. The molecular formula is C19H18O5. The van der Waals surface area contributed by atoms with E-state index in [1.165, 1.54) is 0 Å². The summed E-state index contributed by atoms with van der Waals surface area (Å²) in [4.78, 5) is 22.8. The van der Waals surface area contributed by atoms with Gasteiger partial charge in [0.25, 0.3) is 0 Å². The molecule has 24 heavy (non-hydrogen) atoms. The lowest BCUT2D eigenvalue weighted by Crippen LogP contribution is -2.17. The van der Waals surface area contributed by atoms with E-state index in [0.29, 0.717) is 0 Å².